The van der Waals surface area contributed by atoms with Gasteiger partial charge in [0.2, 0.25) is 0 Å². The van der Waals surface area contributed by atoms with Crippen molar-refractivity contribution in [2.24, 2.45) is 0 Å². The Bertz CT molecular complexity index is 1580. The predicted octanol–water partition coefficient (Wildman–Crippen LogP) is 7.26. The number of ether oxygens (including phenoxy) is 1. The van der Waals surface area contributed by atoms with Crippen molar-refractivity contribution in [3.63, 3.8) is 0 Å². The topological polar surface area (TPSA) is 75.7 Å². The first-order chi connectivity index (χ1) is 17.8. The van der Waals surface area contributed by atoms with Gasteiger partial charge in [0.05, 0.1) is 14.6 Å². The first kappa shape index (κ1) is 25.2. The van der Waals surface area contributed by atoms with Crippen LogP contribution in [0.5, 0.6) is 5.75 Å². The second-order valence-corrected chi connectivity index (χ2v) is 10.4. The van der Waals surface area contributed by atoms with Gasteiger partial charge in [-0.2, -0.15) is 0 Å². The summed E-state index contributed by atoms with van der Waals surface area (Å²) in [5, 5.41) is 4.96. The van der Waals surface area contributed by atoms with Crippen LogP contribution in [0.15, 0.2) is 93.4 Å². The zero-order chi connectivity index (χ0) is 26.1. The summed E-state index contributed by atoms with van der Waals surface area (Å²) >= 11 is 13.0. The van der Waals surface area contributed by atoms with Crippen molar-refractivity contribution in [1.82, 2.24) is 5.32 Å². The van der Waals surface area contributed by atoms with Crippen molar-refractivity contribution in [2.75, 3.05) is 4.90 Å². The number of amides is 4. The Kier molecular flexibility index (Phi) is 7.15. The van der Waals surface area contributed by atoms with Crippen LogP contribution in [0.1, 0.15) is 11.1 Å². The number of hydrogen-bond donors (Lipinski definition) is 1. The highest BCUT2D eigenvalue weighted by Crippen LogP contribution is 2.36. The minimum absolute atomic E-state index is 0.182. The molecule has 1 aliphatic rings. The highest BCUT2D eigenvalue weighted by atomic mass is 79.9. The number of halogens is 3. The van der Waals surface area contributed by atoms with E-state index in [0.717, 1.165) is 21.2 Å². The molecule has 5 rings (SSSR count). The van der Waals surface area contributed by atoms with Gasteiger partial charge in [0, 0.05) is 5.02 Å². The lowest BCUT2D eigenvalue weighted by Gasteiger charge is -2.26. The minimum Gasteiger partial charge on any atom is -0.487 e. The summed E-state index contributed by atoms with van der Waals surface area (Å²) in [5.74, 6) is -0.934. The Labute approximate surface area is 234 Å². The van der Waals surface area contributed by atoms with Crippen molar-refractivity contribution in [2.45, 2.75) is 6.61 Å². The number of rotatable bonds is 5. The maximum absolute atomic E-state index is 13.1. The Morgan fingerprint density at radius 1 is 0.865 bits per heavy atom. The Balaban J connectivity index is 1.39. The summed E-state index contributed by atoms with van der Waals surface area (Å²) in [5.41, 5.74) is 1.68. The molecule has 0 unspecified atom stereocenters. The van der Waals surface area contributed by atoms with E-state index in [1.54, 1.807) is 24.3 Å². The van der Waals surface area contributed by atoms with E-state index >= 15 is 0 Å². The van der Waals surface area contributed by atoms with E-state index in [-0.39, 0.29) is 5.57 Å². The van der Waals surface area contributed by atoms with Gasteiger partial charge in [-0.15, -0.1) is 0 Å². The molecule has 0 spiro atoms. The second kappa shape index (κ2) is 10.5. The quantitative estimate of drug-likeness (QED) is 0.184. The lowest BCUT2D eigenvalue weighted by atomic mass is 10.1. The van der Waals surface area contributed by atoms with Gasteiger partial charge >= 0.3 is 6.03 Å². The predicted molar refractivity (Wildman–Crippen MR) is 151 cm³/mol. The first-order valence-electron chi connectivity index (χ1n) is 11.1. The largest absolute Gasteiger partial charge is 0.487 e. The third kappa shape index (κ3) is 5.32. The van der Waals surface area contributed by atoms with Gasteiger partial charge in [-0.3, -0.25) is 14.9 Å². The Morgan fingerprint density at radius 2 is 1.54 bits per heavy atom. The van der Waals surface area contributed by atoms with Gasteiger partial charge in [0.25, 0.3) is 11.8 Å². The molecule has 0 radical (unpaired) electrons. The molecule has 0 saturated carbocycles. The highest BCUT2D eigenvalue weighted by Gasteiger charge is 2.36. The summed E-state index contributed by atoms with van der Waals surface area (Å²) in [6, 6.07) is 23.1. The number of carbonyl (C=O) groups excluding carboxylic acids is 3. The molecule has 9 heteroatoms. The normalized spacial score (nSPS) is 14.8. The van der Waals surface area contributed by atoms with Crippen LogP contribution in [0.2, 0.25) is 5.02 Å². The van der Waals surface area contributed by atoms with Crippen molar-refractivity contribution >= 4 is 83.8 Å². The van der Waals surface area contributed by atoms with Gasteiger partial charge in [0.15, 0.2) is 0 Å². The number of barbiturate groups is 1. The molecule has 1 fully saturated rings. The van der Waals surface area contributed by atoms with E-state index in [9.17, 15) is 14.4 Å². The molecule has 184 valence electrons. The third-order valence-electron chi connectivity index (χ3n) is 5.72. The SMILES string of the molecule is O=C1NC(=O)N(c2ccc(Cl)cc2)C(=O)/C1=C/c1cc(Br)c(OCc2ccc3ccccc3c2)c(Br)c1. The molecule has 4 aromatic carbocycles. The molecule has 1 saturated heterocycles. The fourth-order valence-corrected chi connectivity index (χ4v) is 5.51. The number of carbonyl (C=O) groups is 3. The number of hydrogen-bond acceptors (Lipinski definition) is 4. The van der Waals surface area contributed by atoms with Gasteiger partial charge < -0.3 is 4.74 Å². The van der Waals surface area contributed by atoms with Crippen LogP contribution < -0.4 is 15.0 Å². The number of anilines is 1. The van der Waals surface area contributed by atoms with E-state index < -0.39 is 17.8 Å². The second-order valence-electron chi connectivity index (χ2n) is 8.22. The van der Waals surface area contributed by atoms with Crippen LogP contribution in [0.25, 0.3) is 16.8 Å². The van der Waals surface area contributed by atoms with Crippen LogP contribution in [-0.4, -0.2) is 17.8 Å². The smallest absolute Gasteiger partial charge is 0.335 e. The zero-order valence-corrected chi connectivity index (χ0v) is 22.9. The Morgan fingerprint density at radius 3 is 2.24 bits per heavy atom. The molecular formula is C28H17Br2ClN2O4. The number of imide groups is 2. The van der Waals surface area contributed by atoms with Crippen molar-refractivity contribution in [3.8, 4) is 5.75 Å². The van der Waals surface area contributed by atoms with Gasteiger partial charge in [-0.05, 0) is 102 Å². The van der Waals surface area contributed by atoms with E-state index in [1.807, 2.05) is 18.2 Å². The summed E-state index contributed by atoms with van der Waals surface area (Å²) in [6.45, 7) is 0.349. The summed E-state index contributed by atoms with van der Waals surface area (Å²) in [6.07, 6.45) is 1.43. The molecule has 6 nitrogen and oxygen atoms in total. The summed E-state index contributed by atoms with van der Waals surface area (Å²) in [4.78, 5) is 38.9. The van der Waals surface area contributed by atoms with E-state index in [0.29, 0.717) is 37.6 Å². The molecule has 0 aromatic heterocycles. The fraction of sp³-hybridized carbons (Fsp3) is 0.0357. The number of fused-ring (bicyclic) bond motifs is 1. The van der Waals surface area contributed by atoms with Crippen molar-refractivity contribution in [3.05, 3.63) is 110 Å². The fourth-order valence-electron chi connectivity index (χ4n) is 3.93. The average molecular weight is 641 g/mol. The van der Waals surface area contributed by atoms with Crippen LogP contribution in [0.3, 0.4) is 0 Å². The number of urea groups is 1. The van der Waals surface area contributed by atoms with E-state index in [1.165, 1.54) is 18.2 Å². The maximum atomic E-state index is 13.1. The van der Waals surface area contributed by atoms with Crippen molar-refractivity contribution < 1.29 is 19.1 Å². The lowest BCUT2D eigenvalue weighted by molar-refractivity contribution is -0.122. The summed E-state index contributed by atoms with van der Waals surface area (Å²) in [7, 11) is 0. The molecule has 37 heavy (non-hydrogen) atoms. The molecule has 0 bridgehead atoms. The van der Waals surface area contributed by atoms with E-state index in [2.05, 4.69) is 61.4 Å². The first-order valence-corrected chi connectivity index (χ1v) is 13.0. The van der Waals surface area contributed by atoms with Gasteiger partial charge in [-0.1, -0.05) is 48.0 Å². The minimum atomic E-state index is -0.825. The van der Waals surface area contributed by atoms with Gasteiger partial charge in [-0.25, -0.2) is 9.69 Å². The lowest BCUT2D eigenvalue weighted by Crippen LogP contribution is -2.54. The average Bonchev–Trinajstić information content (AvgIpc) is 2.87. The molecule has 1 N–H and O–H groups in total. The van der Waals surface area contributed by atoms with Crippen LogP contribution >= 0.6 is 43.5 Å². The standard InChI is InChI=1S/C28H17Br2ClN2O4/c29-23-13-17(12-22-26(34)32-28(36)33(27(22)35)21-9-7-20(31)8-10-21)14-24(30)25(23)37-15-16-5-6-18-3-1-2-4-19(18)11-16/h1-14H,15H2,(H,32,34,36)/b22-12+. The highest BCUT2D eigenvalue weighted by molar-refractivity contribution is 9.11. The van der Waals surface area contributed by atoms with Crippen molar-refractivity contribution in [1.29, 1.82) is 0 Å². The number of nitrogens with one attached hydrogen (secondary N) is 1. The molecule has 0 atom stereocenters. The molecular weight excluding hydrogens is 624 g/mol. The van der Waals surface area contributed by atoms with Gasteiger partial charge in [0.1, 0.15) is 17.9 Å². The third-order valence-corrected chi connectivity index (χ3v) is 7.15. The molecule has 4 amide bonds. The molecule has 1 aliphatic heterocycles. The maximum Gasteiger partial charge on any atom is 0.335 e. The summed E-state index contributed by atoms with van der Waals surface area (Å²) < 4.78 is 7.32. The molecule has 4 aromatic rings. The number of benzene rings is 4. The van der Waals surface area contributed by atoms with Crippen LogP contribution in [0.4, 0.5) is 10.5 Å². The molecule has 0 aliphatic carbocycles. The molecule has 1 heterocycles. The monoisotopic (exact) mass is 638 g/mol. The van der Waals surface area contributed by atoms with Crippen LogP contribution in [0, 0.1) is 0 Å². The zero-order valence-electron chi connectivity index (χ0n) is 19.0. The van der Waals surface area contributed by atoms with E-state index in [4.69, 9.17) is 16.3 Å². The Hall–Kier alpha value is -3.46. The number of nitrogens with zero attached hydrogens (tertiary/aromatic N) is 1. The van der Waals surface area contributed by atoms with Crippen LogP contribution in [-0.2, 0) is 16.2 Å².